The van der Waals surface area contributed by atoms with E-state index in [1.165, 1.54) is 23.5 Å². The molecule has 0 radical (unpaired) electrons. The summed E-state index contributed by atoms with van der Waals surface area (Å²) in [5.74, 6) is -0.932. The molecular weight excluding hydrogens is 415 g/mol. The fourth-order valence-corrected chi connectivity index (χ4v) is 3.98. The van der Waals surface area contributed by atoms with Crippen molar-refractivity contribution in [2.24, 2.45) is 0 Å². The van der Waals surface area contributed by atoms with Gasteiger partial charge >= 0.3 is 12.0 Å². The molecule has 5 nitrogen and oxygen atoms in total. The fourth-order valence-electron chi connectivity index (χ4n) is 2.79. The minimum Gasteiger partial charge on any atom is -0.462 e. The Kier molecular flexibility index (Phi) is 6.51. The van der Waals surface area contributed by atoms with E-state index >= 15 is 0 Å². The standard InChI is InChI=1S/C21H18ClFN2O3S/c1-3-28-20(26)18-17(13-4-8-15(23)9-5-13)12(2)29-19(18)25-21(27)24-16-10-6-14(22)7-11-16/h4-11H,3H2,1-2H3,(H2,24,25,27). The van der Waals surface area contributed by atoms with E-state index in [0.717, 1.165) is 4.88 Å². The number of hydrogen-bond acceptors (Lipinski definition) is 4. The molecule has 0 unspecified atom stereocenters. The van der Waals surface area contributed by atoms with Crippen molar-refractivity contribution in [2.75, 3.05) is 17.2 Å². The molecule has 29 heavy (non-hydrogen) atoms. The van der Waals surface area contributed by atoms with Crippen LogP contribution in [0.5, 0.6) is 0 Å². The third kappa shape index (κ3) is 4.93. The molecule has 0 aliphatic carbocycles. The summed E-state index contributed by atoms with van der Waals surface area (Å²) in [4.78, 5) is 25.9. The van der Waals surface area contributed by atoms with Gasteiger partial charge in [-0.25, -0.2) is 14.0 Å². The summed E-state index contributed by atoms with van der Waals surface area (Å²) >= 11 is 7.10. The molecule has 1 heterocycles. The molecule has 0 spiro atoms. The molecule has 0 aliphatic heterocycles. The zero-order valence-electron chi connectivity index (χ0n) is 15.7. The van der Waals surface area contributed by atoms with Gasteiger partial charge in [0.1, 0.15) is 16.4 Å². The van der Waals surface area contributed by atoms with Gasteiger partial charge in [0.2, 0.25) is 0 Å². The van der Waals surface area contributed by atoms with Gasteiger partial charge in [-0.1, -0.05) is 23.7 Å². The molecular formula is C21H18ClFN2O3S. The maximum Gasteiger partial charge on any atom is 0.341 e. The van der Waals surface area contributed by atoms with Crippen LogP contribution < -0.4 is 10.6 Å². The van der Waals surface area contributed by atoms with Crippen LogP contribution in [0, 0.1) is 12.7 Å². The number of rotatable bonds is 5. The van der Waals surface area contributed by atoms with E-state index in [9.17, 15) is 14.0 Å². The maximum absolute atomic E-state index is 13.3. The summed E-state index contributed by atoms with van der Waals surface area (Å²) in [6, 6.07) is 11.9. The van der Waals surface area contributed by atoms with E-state index in [-0.39, 0.29) is 18.0 Å². The van der Waals surface area contributed by atoms with Gasteiger partial charge in [-0.05, 0) is 55.8 Å². The van der Waals surface area contributed by atoms with Crippen molar-refractivity contribution in [2.45, 2.75) is 13.8 Å². The normalized spacial score (nSPS) is 10.5. The SMILES string of the molecule is CCOC(=O)c1c(NC(=O)Nc2ccc(Cl)cc2)sc(C)c1-c1ccc(F)cc1. The highest BCUT2D eigenvalue weighted by molar-refractivity contribution is 7.17. The highest BCUT2D eigenvalue weighted by atomic mass is 35.5. The Balaban J connectivity index is 1.94. The molecule has 3 rings (SSSR count). The molecule has 8 heteroatoms. The maximum atomic E-state index is 13.3. The number of urea groups is 1. The first-order valence-corrected chi connectivity index (χ1v) is 9.98. The third-order valence-electron chi connectivity index (χ3n) is 4.03. The number of esters is 1. The van der Waals surface area contributed by atoms with Crippen LogP contribution >= 0.6 is 22.9 Å². The number of hydrogen-bond donors (Lipinski definition) is 2. The van der Waals surface area contributed by atoms with Crippen LogP contribution in [0.4, 0.5) is 19.9 Å². The quantitative estimate of drug-likeness (QED) is 0.462. The number of anilines is 2. The Labute approximate surface area is 176 Å². The molecule has 3 aromatic rings. The number of amides is 2. The molecule has 150 valence electrons. The lowest BCUT2D eigenvalue weighted by Crippen LogP contribution is -2.20. The largest absolute Gasteiger partial charge is 0.462 e. The number of carbonyl (C=O) groups excluding carboxylic acids is 2. The Bertz CT molecular complexity index is 1030. The van der Waals surface area contributed by atoms with Crippen LogP contribution in [0.1, 0.15) is 22.2 Å². The van der Waals surface area contributed by atoms with Crippen LogP contribution in [0.15, 0.2) is 48.5 Å². The molecule has 2 amide bonds. The molecule has 0 atom stereocenters. The van der Waals surface area contributed by atoms with Crippen LogP contribution in [-0.4, -0.2) is 18.6 Å². The Morgan fingerprint density at radius 3 is 2.34 bits per heavy atom. The first kappa shape index (κ1) is 20.8. The molecule has 2 aromatic carbocycles. The number of aryl methyl sites for hydroxylation is 1. The molecule has 0 saturated carbocycles. The van der Waals surface area contributed by atoms with E-state index in [1.807, 2.05) is 6.92 Å². The van der Waals surface area contributed by atoms with Gasteiger partial charge in [-0.3, -0.25) is 5.32 Å². The Hall–Kier alpha value is -2.90. The van der Waals surface area contributed by atoms with Gasteiger partial charge in [0, 0.05) is 21.2 Å². The predicted octanol–water partition coefficient (Wildman–Crippen LogP) is 6.34. The summed E-state index contributed by atoms with van der Waals surface area (Å²) in [7, 11) is 0. The minimum absolute atomic E-state index is 0.187. The monoisotopic (exact) mass is 432 g/mol. The van der Waals surface area contributed by atoms with Crippen molar-refractivity contribution in [1.29, 1.82) is 0 Å². The number of ether oxygens (including phenoxy) is 1. The number of benzene rings is 2. The average molecular weight is 433 g/mol. The zero-order valence-corrected chi connectivity index (χ0v) is 17.3. The van der Waals surface area contributed by atoms with Crippen LogP contribution in [0.3, 0.4) is 0 Å². The van der Waals surface area contributed by atoms with E-state index in [0.29, 0.717) is 26.8 Å². The first-order valence-electron chi connectivity index (χ1n) is 8.79. The van der Waals surface area contributed by atoms with Crippen molar-refractivity contribution in [3.63, 3.8) is 0 Å². The first-order chi connectivity index (χ1) is 13.9. The summed E-state index contributed by atoms with van der Waals surface area (Å²) in [6.07, 6.45) is 0. The molecule has 0 bridgehead atoms. The highest BCUT2D eigenvalue weighted by Gasteiger charge is 2.25. The summed E-state index contributed by atoms with van der Waals surface area (Å²) in [5, 5.41) is 6.31. The highest BCUT2D eigenvalue weighted by Crippen LogP contribution is 2.40. The van der Waals surface area contributed by atoms with Gasteiger partial charge in [0.25, 0.3) is 0 Å². The van der Waals surface area contributed by atoms with Gasteiger partial charge in [0.15, 0.2) is 0 Å². The van der Waals surface area contributed by atoms with Crippen molar-refractivity contribution < 1.29 is 18.7 Å². The Morgan fingerprint density at radius 2 is 1.72 bits per heavy atom. The van der Waals surface area contributed by atoms with E-state index < -0.39 is 12.0 Å². The fraction of sp³-hybridized carbons (Fsp3) is 0.143. The molecule has 1 aromatic heterocycles. The van der Waals surface area contributed by atoms with E-state index in [4.69, 9.17) is 16.3 Å². The molecule has 2 N–H and O–H groups in total. The Morgan fingerprint density at radius 1 is 1.07 bits per heavy atom. The van der Waals surface area contributed by atoms with Crippen molar-refractivity contribution in [3.8, 4) is 11.1 Å². The zero-order chi connectivity index (χ0) is 21.0. The summed E-state index contributed by atoms with van der Waals surface area (Å²) in [6.45, 7) is 3.72. The van der Waals surface area contributed by atoms with Crippen LogP contribution in [-0.2, 0) is 4.74 Å². The lowest BCUT2D eigenvalue weighted by Gasteiger charge is -2.10. The molecule has 0 fully saturated rings. The number of nitrogens with one attached hydrogen (secondary N) is 2. The van der Waals surface area contributed by atoms with Gasteiger partial charge in [-0.15, -0.1) is 11.3 Å². The topological polar surface area (TPSA) is 67.4 Å². The van der Waals surface area contributed by atoms with Crippen molar-refractivity contribution in [1.82, 2.24) is 0 Å². The predicted molar refractivity (Wildman–Crippen MR) is 114 cm³/mol. The van der Waals surface area contributed by atoms with Gasteiger partial charge < -0.3 is 10.1 Å². The van der Waals surface area contributed by atoms with Crippen molar-refractivity contribution in [3.05, 3.63) is 69.8 Å². The van der Waals surface area contributed by atoms with E-state index in [1.54, 1.807) is 43.3 Å². The van der Waals surface area contributed by atoms with E-state index in [2.05, 4.69) is 10.6 Å². The second kappa shape index (κ2) is 9.07. The smallest absolute Gasteiger partial charge is 0.341 e. The lowest BCUT2D eigenvalue weighted by molar-refractivity contribution is 0.0529. The van der Waals surface area contributed by atoms with Crippen LogP contribution in [0.2, 0.25) is 5.02 Å². The van der Waals surface area contributed by atoms with Crippen LogP contribution in [0.25, 0.3) is 11.1 Å². The van der Waals surface area contributed by atoms with Gasteiger partial charge in [-0.2, -0.15) is 0 Å². The third-order valence-corrected chi connectivity index (χ3v) is 5.30. The van der Waals surface area contributed by atoms with Gasteiger partial charge in [0.05, 0.1) is 6.61 Å². The number of thiophene rings is 1. The second-order valence-electron chi connectivity index (χ2n) is 6.05. The minimum atomic E-state index is -0.557. The number of halogens is 2. The number of carbonyl (C=O) groups is 2. The van der Waals surface area contributed by atoms with Crippen molar-refractivity contribution >= 4 is 45.6 Å². The second-order valence-corrected chi connectivity index (χ2v) is 7.71. The molecule has 0 saturated heterocycles. The lowest BCUT2D eigenvalue weighted by atomic mass is 10.0. The summed E-state index contributed by atoms with van der Waals surface area (Å²) < 4.78 is 18.5. The molecule has 0 aliphatic rings. The summed E-state index contributed by atoms with van der Waals surface area (Å²) in [5.41, 5.74) is 2.06. The average Bonchev–Trinajstić information content (AvgIpc) is 3.00.